The number of nitrogens with two attached hydrogens (primary N) is 1. The maximum absolute atomic E-state index is 10.8. The topological polar surface area (TPSA) is 69.2 Å². The van der Waals surface area contributed by atoms with Crippen LogP contribution < -0.4 is 5.73 Å². The van der Waals surface area contributed by atoms with Crippen LogP contribution in [0, 0.1) is 15.5 Å². The molecule has 0 radical (unpaired) electrons. The SMILES string of the molecule is CC(C)(C)[C@H](N)c1ccc(Br)c([N+](=O)[O-])c1.Cl. The van der Waals surface area contributed by atoms with E-state index in [9.17, 15) is 10.1 Å². The first-order valence-electron chi connectivity index (χ1n) is 4.93. The van der Waals surface area contributed by atoms with Gasteiger partial charge in [0.1, 0.15) is 0 Å². The third-order valence-corrected chi connectivity index (χ3v) is 3.13. The lowest BCUT2D eigenvalue weighted by molar-refractivity contribution is -0.385. The highest BCUT2D eigenvalue weighted by atomic mass is 79.9. The van der Waals surface area contributed by atoms with E-state index in [4.69, 9.17) is 5.73 Å². The summed E-state index contributed by atoms with van der Waals surface area (Å²) in [6.45, 7) is 6.02. The van der Waals surface area contributed by atoms with Crippen molar-refractivity contribution in [3.8, 4) is 0 Å². The Balaban J connectivity index is 0.00000256. The molecule has 0 heterocycles. The molecular formula is C11H16BrClN2O2. The van der Waals surface area contributed by atoms with Crippen LogP contribution in [0.2, 0.25) is 0 Å². The molecule has 0 aliphatic rings. The molecule has 6 heteroatoms. The summed E-state index contributed by atoms with van der Waals surface area (Å²) < 4.78 is 0.474. The zero-order chi connectivity index (χ0) is 12.5. The minimum absolute atomic E-state index is 0. The first-order chi connectivity index (χ1) is 7.23. The third kappa shape index (κ3) is 3.94. The first-order valence-corrected chi connectivity index (χ1v) is 5.72. The molecule has 0 aliphatic heterocycles. The van der Waals surface area contributed by atoms with E-state index in [2.05, 4.69) is 15.9 Å². The highest BCUT2D eigenvalue weighted by Gasteiger charge is 2.24. The fourth-order valence-corrected chi connectivity index (χ4v) is 1.75. The van der Waals surface area contributed by atoms with Crippen molar-refractivity contribution in [2.45, 2.75) is 26.8 Å². The number of nitro groups is 1. The smallest absolute Gasteiger partial charge is 0.283 e. The van der Waals surface area contributed by atoms with Crippen molar-refractivity contribution in [3.63, 3.8) is 0 Å². The number of halogens is 2. The molecule has 4 nitrogen and oxygen atoms in total. The van der Waals surface area contributed by atoms with Crippen molar-refractivity contribution >= 4 is 34.0 Å². The Kier molecular flexibility index (Phi) is 5.58. The van der Waals surface area contributed by atoms with Gasteiger partial charge < -0.3 is 5.73 Å². The van der Waals surface area contributed by atoms with E-state index in [-0.39, 0.29) is 29.6 Å². The van der Waals surface area contributed by atoms with Gasteiger partial charge in [-0.1, -0.05) is 26.8 Å². The third-order valence-electron chi connectivity index (χ3n) is 2.46. The summed E-state index contributed by atoms with van der Waals surface area (Å²) in [5.41, 5.74) is 6.76. The second kappa shape index (κ2) is 5.80. The van der Waals surface area contributed by atoms with Gasteiger partial charge in [-0.05, 0) is 33.0 Å². The van der Waals surface area contributed by atoms with Gasteiger partial charge in [-0.3, -0.25) is 10.1 Å². The molecule has 96 valence electrons. The molecule has 1 atom stereocenters. The van der Waals surface area contributed by atoms with Crippen LogP contribution in [0.1, 0.15) is 32.4 Å². The number of benzene rings is 1. The van der Waals surface area contributed by atoms with Crippen LogP contribution in [-0.2, 0) is 0 Å². The number of nitro benzene ring substituents is 1. The van der Waals surface area contributed by atoms with Gasteiger partial charge >= 0.3 is 0 Å². The summed E-state index contributed by atoms with van der Waals surface area (Å²) in [6, 6.07) is 4.78. The van der Waals surface area contributed by atoms with Gasteiger partial charge in [-0.15, -0.1) is 12.4 Å². The van der Waals surface area contributed by atoms with Gasteiger partial charge in [0.2, 0.25) is 0 Å². The Hall–Kier alpha value is -0.650. The standard InChI is InChI=1S/C11H15BrN2O2.ClH/c1-11(2,3)10(13)7-4-5-8(12)9(6-7)14(15)16;/h4-6,10H,13H2,1-3H3;1H/t10-;/m1./s1. The summed E-state index contributed by atoms with van der Waals surface area (Å²) in [5, 5.41) is 10.8. The van der Waals surface area contributed by atoms with Crippen LogP contribution >= 0.6 is 28.3 Å². The molecule has 0 unspecified atom stereocenters. The Morgan fingerprint density at radius 3 is 2.35 bits per heavy atom. The van der Waals surface area contributed by atoms with Crippen LogP contribution in [0.15, 0.2) is 22.7 Å². The maximum atomic E-state index is 10.8. The van der Waals surface area contributed by atoms with Crippen LogP contribution in [0.5, 0.6) is 0 Å². The fraction of sp³-hybridized carbons (Fsp3) is 0.455. The highest BCUT2D eigenvalue weighted by Crippen LogP contribution is 2.34. The van der Waals surface area contributed by atoms with E-state index in [1.54, 1.807) is 6.07 Å². The van der Waals surface area contributed by atoms with Crippen molar-refractivity contribution in [2.75, 3.05) is 0 Å². The van der Waals surface area contributed by atoms with Crippen LogP contribution in [0.4, 0.5) is 5.69 Å². The molecule has 0 fully saturated rings. The van der Waals surface area contributed by atoms with Crippen molar-refractivity contribution in [1.82, 2.24) is 0 Å². The lowest BCUT2D eigenvalue weighted by atomic mass is 9.83. The number of rotatable bonds is 2. The zero-order valence-corrected chi connectivity index (χ0v) is 12.3. The predicted octanol–water partition coefficient (Wildman–Crippen LogP) is 3.83. The Labute approximate surface area is 115 Å². The second-order valence-electron chi connectivity index (χ2n) is 4.81. The van der Waals surface area contributed by atoms with Gasteiger partial charge in [0.15, 0.2) is 0 Å². The summed E-state index contributed by atoms with van der Waals surface area (Å²) in [5.74, 6) is 0. The number of hydrogen-bond acceptors (Lipinski definition) is 3. The largest absolute Gasteiger partial charge is 0.324 e. The molecular weight excluding hydrogens is 307 g/mol. The van der Waals surface area contributed by atoms with Crippen molar-refractivity contribution in [1.29, 1.82) is 0 Å². The fourth-order valence-electron chi connectivity index (χ4n) is 1.36. The molecule has 0 amide bonds. The molecule has 0 aromatic heterocycles. The highest BCUT2D eigenvalue weighted by molar-refractivity contribution is 9.10. The van der Waals surface area contributed by atoms with Gasteiger partial charge in [0.25, 0.3) is 5.69 Å². The second-order valence-corrected chi connectivity index (χ2v) is 5.67. The molecule has 17 heavy (non-hydrogen) atoms. The Morgan fingerprint density at radius 2 is 1.94 bits per heavy atom. The molecule has 1 aromatic carbocycles. The zero-order valence-electron chi connectivity index (χ0n) is 9.94. The van der Waals surface area contributed by atoms with Crippen LogP contribution in [0.3, 0.4) is 0 Å². The lowest BCUT2D eigenvalue weighted by Crippen LogP contribution is -2.26. The minimum Gasteiger partial charge on any atom is -0.324 e. The van der Waals surface area contributed by atoms with E-state index in [0.717, 1.165) is 5.56 Å². The van der Waals surface area contributed by atoms with Gasteiger partial charge in [-0.25, -0.2) is 0 Å². The summed E-state index contributed by atoms with van der Waals surface area (Å²) in [4.78, 5) is 10.4. The minimum atomic E-state index is -0.414. The van der Waals surface area contributed by atoms with Gasteiger partial charge in [0.05, 0.1) is 9.40 Å². The molecule has 1 rings (SSSR count). The molecule has 2 N–H and O–H groups in total. The van der Waals surface area contributed by atoms with Crippen LogP contribution in [0.25, 0.3) is 0 Å². The lowest BCUT2D eigenvalue weighted by Gasteiger charge is -2.27. The van der Waals surface area contributed by atoms with Crippen molar-refractivity contribution < 1.29 is 4.92 Å². The molecule has 0 bridgehead atoms. The normalized spacial score (nSPS) is 12.8. The predicted molar refractivity (Wildman–Crippen MR) is 74.4 cm³/mol. The monoisotopic (exact) mass is 322 g/mol. The van der Waals surface area contributed by atoms with E-state index >= 15 is 0 Å². The Morgan fingerprint density at radius 1 is 1.41 bits per heavy atom. The number of hydrogen-bond donors (Lipinski definition) is 1. The number of nitrogens with zero attached hydrogens (tertiary/aromatic N) is 1. The summed E-state index contributed by atoms with van der Waals surface area (Å²) in [6.07, 6.45) is 0. The molecule has 0 aliphatic carbocycles. The Bertz CT molecular complexity index is 418. The van der Waals surface area contributed by atoms with Crippen LogP contribution in [-0.4, -0.2) is 4.92 Å². The average Bonchev–Trinajstić information content (AvgIpc) is 2.15. The van der Waals surface area contributed by atoms with E-state index in [1.165, 1.54) is 6.07 Å². The maximum Gasteiger partial charge on any atom is 0.283 e. The molecule has 0 saturated heterocycles. The van der Waals surface area contributed by atoms with E-state index in [0.29, 0.717) is 4.47 Å². The van der Waals surface area contributed by atoms with Gasteiger partial charge in [0, 0.05) is 12.1 Å². The summed E-state index contributed by atoms with van der Waals surface area (Å²) in [7, 11) is 0. The van der Waals surface area contributed by atoms with Crippen molar-refractivity contribution in [2.24, 2.45) is 11.1 Å². The van der Waals surface area contributed by atoms with Gasteiger partial charge in [-0.2, -0.15) is 0 Å². The quantitative estimate of drug-likeness (QED) is 0.664. The first kappa shape index (κ1) is 16.4. The average molecular weight is 324 g/mol. The molecule has 0 saturated carbocycles. The van der Waals surface area contributed by atoms with E-state index in [1.807, 2.05) is 26.8 Å². The molecule has 0 spiro atoms. The van der Waals surface area contributed by atoms with Crippen molar-refractivity contribution in [3.05, 3.63) is 38.3 Å². The van der Waals surface area contributed by atoms with E-state index < -0.39 is 4.92 Å². The molecule has 1 aromatic rings. The summed E-state index contributed by atoms with van der Waals surface area (Å²) >= 11 is 3.15.